The lowest BCUT2D eigenvalue weighted by Gasteiger charge is -2.34. The van der Waals surface area contributed by atoms with Crippen LogP contribution in [0.3, 0.4) is 0 Å². The fourth-order valence-electron chi connectivity index (χ4n) is 5.38. The summed E-state index contributed by atoms with van der Waals surface area (Å²) in [5, 5.41) is 0. The highest BCUT2D eigenvalue weighted by Gasteiger charge is 2.29. The van der Waals surface area contributed by atoms with Gasteiger partial charge in [-0.3, -0.25) is 0 Å². The maximum atomic E-state index is 2.79. The van der Waals surface area contributed by atoms with E-state index in [9.17, 15) is 0 Å². The molecule has 0 N–H and O–H groups in total. The second-order valence-electron chi connectivity index (χ2n) is 8.71. The van der Waals surface area contributed by atoms with Crippen LogP contribution in [0.1, 0.15) is 89.0 Å². The molecule has 137 valence electrons. The minimum Gasteiger partial charge on any atom is -0.0799 e. The van der Waals surface area contributed by atoms with E-state index in [0.717, 1.165) is 17.7 Å². The Labute approximate surface area is 157 Å². The zero-order valence-electron chi connectivity index (χ0n) is 16.3. The van der Waals surface area contributed by atoms with Gasteiger partial charge in [0.05, 0.1) is 0 Å². The zero-order chi connectivity index (χ0) is 17.2. The molecule has 1 radical (unpaired) electrons. The van der Waals surface area contributed by atoms with Gasteiger partial charge in [-0.15, -0.1) is 0 Å². The molecule has 1 saturated heterocycles. The molecule has 2 unspecified atom stereocenters. The molecule has 1 saturated carbocycles. The van der Waals surface area contributed by atoms with Crippen molar-refractivity contribution in [1.29, 1.82) is 0 Å². The first-order valence-corrected chi connectivity index (χ1v) is 11.3. The van der Waals surface area contributed by atoms with Crippen LogP contribution in [-0.2, 0) is 6.42 Å². The summed E-state index contributed by atoms with van der Waals surface area (Å²) in [6, 6.07) is 11.3. The SMILES string of the molecule is [B]1CCCCCCC(Cc2ccccc2)C1C1CCCCCCCC1. The Morgan fingerprint density at radius 1 is 0.680 bits per heavy atom. The quantitative estimate of drug-likeness (QED) is 0.502. The van der Waals surface area contributed by atoms with Crippen molar-refractivity contribution in [2.75, 3.05) is 0 Å². The maximum Gasteiger partial charge on any atom is 0.114 e. The Hall–Kier alpha value is -0.715. The van der Waals surface area contributed by atoms with E-state index < -0.39 is 0 Å². The lowest BCUT2D eigenvalue weighted by molar-refractivity contribution is 0.305. The van der Waals surface area contributed by atoms with E-state index in [4.69, 9.17) is 0 Å². The van der Waals surface area contributed by atoms with Crippen LogP contribution in [-0.4, -0.2) is 7.28 Å². The predicted octanol–water partition coefficient (Wildman–Crippen LogP) is 7.47. The van der Waals surface area contributed by atoms with Gasteiger partial charge in [0.1, 0.15) is 7.28 Å². The Morgan fingerprint density at radius 2 is 1.28 bits per heavy atom. The Bertz CT molecular complexity index is 444. The maximum absolute atomic E-state index is 2.79. The monoisotopic (exact) mass is 337 g/mol. The summed E-state index contributed by atoms with van der Waals surface area (Å²) in [5.74, 6) is 2.72. The van der Waals surface area contributed by atoms with Crippen molar-refractivity contribution in [2.24, 2.45) is 11.8 Å². The van der Waals surface area contributed by atoms with Gasteiger partial charge in [-0.05, 0) is 23.8 Å². The molecule has 1 aliphatic carbocycles. The summed E-state index contributed by atoms with van der Waals surface area (Å²) < 4.78 is 0. The Morgan fingerprint density at radius 3 is 2.00 bits per heavy atom. The molecule has 1 aromatic rings. The van der Waals surface area contributed by atoms with Crippen molar-refractivity contribution in [2.45, 2.75) is 102 Å². The van der Waals surface area contributed by atoms with Crippen molar-refractivity contribution >= 4 is 7.28 Å². The molecule has 2 aliphatic rings. The van der Waals surface area contributed by atoms with Gasteiger partial charge >= 0.3 is 0 Å². The molecule has 1 aliphatic heterocycles. The fourth-order valence-corrected chi connectivity index (χ4v) is 5.38. The van der Waals surface area contributed by atoms with E-state index in [0.29, 0.717) is 0 Å². The molecular weight excluding hydrogens is 299 g/mol. The van der Waals surface area contributed by atoms with Crippen LogP contribution in [0.5, 0.6) is 0 Å². The molecule has 2 atom stereocenters. The van der Waals surface area contributed by atoms with Gasteiger partial charge in [0, 0.05) is 0 Å². The highest BCUT2D eigenvalue weighted by Crippen LogP contribution is 2.41. The van der Waals surface area contributed by atoms with E-state index in [-0.39, 0.29) is 0 Å². The van der Waals surface area contributed by atoms with Crippen LogP contribution in [0.2, 0.25) is 12.1 Å². The number of rotatable bonds is 3. The van der Waals surface area contributed by atoms with E-state index in [1.165, 1.54) is 96.2 Å². The third-order valence-corrected chi connectivity index (χ3v) is 6.80. The lowest BCUT2D eigenvalue weighted by atomic mass is 9.50. The van der Waals surface area contributed by atoms with Crippen molar-refractivity contribution in [3.05, 3.63) is 35.9 Å². The van der Waals surface area contributed by atoms with Crippen LogP contribution >= 0.6 is 0 Å². The molecular formula is C24H38B. The minimum atomic E-state index is 0.872. The van der Waals surface area contributed by atoms with Gasteiger partial charge in [-0.1, -0.05) is 126 Å². The fraction of sp³-hybridized carbons (Fsp3) is 0.750. The van der Waals surface area contributed by atoms with Gasteiger partial charge in [0.25, 0.3) is 0 Å². The van der Waals surface area contributed by atoms with E-state index in [1.807, 2.05) is 0 Å². The topological polar surface area (TPSA) is 0 Å². The Kier molecular flexibility index (Phi) is 8.46. The zero-order valence-corrected chi connectivity index (χ0v) is 16.3. The van der Waals surface area contributed by atoms with Crippen LogP contribution in [0.25, 0.3) is 0 Å². The molecule has 0 bridgehead atoms. The first-order chi connectivity index (χ1) is 12.4. The second kappa shape index (κ2) is 11.1. The molecule has 0 aromatic heterocycles. The van der Waals surface area contributed by atoms with Crippen LogP contribution in [0, 0.1) is 11.8 Å². The molecule has 0 amide bonds. The van der Waals surface area contributed by atoms with Crippen molar-refractivity contribution in [1.82, 2.24) is 0 Å². The summed E-state index contributed by atoms with van der Waals surface area (Å²) >= 11 is 0. The summed E-state index contributed by atoms with van der Waals surface area (Å²) in [4.78, 5) is 0. The van der Waals surface area contributed by atoms with Crippen molar-refractivity contribution < 1.29 is 0 Å². The van der Waals surface area contributed by atoms with Crippen molar-refractivity contribution in [3.63, 3.8) is 0 Å². The third kappa shape index (κ3) is 6.50. The normalized spacial score (nSPS) is 27.7. The highest BCUT2D eigenvalue weighted by molar-refractivity contribution is 6.37. The molecule has 0 nitrogen and oxygen atoms in total. The van der Waals surface area contributed by atoms with Gasteiger partial charge in [-0.25, -0.2) is 0 Å². The van der Waals surface area contributed by atoms with E-state index in [1.54, 1.807) is 5.56 Å². The van der Waals surface area contributed by atoms with Gasteiger partial charge < -0.3 is 0 Å². The summed E-state index contributed by atoms with van der Waals surface area (Å²) in [6.07, 6.45) is 21.8. The van der Waals surface area contributed by atoms with Crippen LogP contribution < -0.4 is 0 Å². The Balaban J connectivity index is 1.72. The number of hydrogen-bond donors (Lipinski definition) is 0. The average Bonchev–Trinajstić information content (AvgIpc) is 2.84. The smallest absolute Gasteiger partial charge is 0.0799 e. The minimum absolute atomic E-state index is 0.872. The highest BCUT2D eigenvalue weighted by atomic mass is 14.3. The molecule has 1 heteroatoms. The van der Waals surface area contributed by atoms with Crippen molar-refractivity contribution in [3.8, 4) is 0 Å². The molecule has 0 spiro atoms. The van der Waals surface area contributed by atoms with Crippen LogP contribution in [0.4, 0.5) is 0 Å². The summed E-state index contributed by atoms with van der Waals surface area (Å²) in [7, 11) is 2.79. The van der Waals surface area contributed by atoms with E-state index >= 15 is 0 Å². The molecule has 2 fully saturated rings. The largest absolute Gasteiger partial charge is 0.114 e. The average molecular weight is 337 g/mol. The number of hydrogen-bond acceptors (Lipinski definition) is 0. The summed E-state index contributed by atoms with van der Waals surface area (Å²) in [6.45, 7) is 0. The van der Waals surface area contributed by atoms with Gasteiger partial charge in [0.15, 0.2) is 0 Å². The molecule has 1 heterocycles. The van der Waals surface area contributed by atoms with E-state index in [2.05, 4.69) is 37.6 Å². The lowest BCUT2D eigenvalue weighted by Crippen LogP contribution is -2.25. The molecule has 25 heavy (non-hydrogen) atoms. The summed E-state index contributed by atoms with van der Waals surface area (Å²) in [5.41, 5.74) is 1.56. The first kappa shape index (κ1) is 19.1. The van der Waals surface area contributed by atoms with Crippen LogP contribution in [0.15, 0.2) is 30.3 Å². The third-order valence-electron chi connectivity index (χ3n) is 6.80. The van der Waals surface area contributed by atoms with Gasteiger partial charge in [0.2, 0.25) is 0 Å². The molecule has 3 rings (SSSR count). The standard InChI is InChI=1S/C24H38B/c1-2-4-11-17-22(16-10-3-1)24-23(18-12-5-6-13-19-25-24)20-21-14-8-7-9-15-21/h7-9,14-15,22-24H,1-6,10-13,16-20H2. The second-order valence-corrected chi connectivity index (χ2v) is 8.71. The molecule has 1 aromatic carbocycles. The first-order valence-electron chi connectivity index (χ1n) is 11.3. The predicted molar refractivity (Wildman–Crippen MR) is 111 cm³/mol. The number of benzene rings is 1. The van der Waals surface area contributed by atoms with Gasteiger partial charge in [-0.2, -0.15) is 0 Å².